The van der Waals surface area contributed by atoms with E-state index in [1.807, 2.05) is 38.1 Å². The lowest BCUT2D eigenvalue weighted by Crippen LogP contribution is -2.39. The topological polar surface area (TPSA) is 37.4 Å². The van der Waals surface area contributed by atoms with Gasteiger partial charge < -0.3 is 0 Å². The summed E-state index contributed by atoms with van der Waals surface area (Å²) in [6.45, 7) is 4.55. The predicted molar refractivity (Wildman–Crippen MR) is 83.2 cm³/mol. The van der Waals surface area contributed by atoms with Crippen LogP contribution in [0.2, 0.25) is 0 Å². The van der Waals surface area contributed by atoms with Gasteiger partial charge in [-0.1, -0.05) is 24.3 Å². The van der Waals surface area contributed by atoms with E-state index in [9.17, 15) is 8.42 Å². The number of hydrogen-bond donors (Lipinski definition) is 0. The molecule has 0 N–H and O–H groups in total. The Morgan fingerprint density at radius 3 is 2.20 bits per heavy atom. The van der Waals surface area contributed by atoms with Crippen molar-refractivity contribution in [1.82, 2.24) is 4.31 Å². The number of nitrogens with zero attached hydrogens (tertiary/aromatic N) is 1. The Bertz CT molecular complexity index is 535. The van der Waals surface area contributed by atoms with Gasteiger partial charge in [-0.3, -0.25) is 0 Å². The zero-order valence-electron chi connectivity index (χ0n) is 12.0. The number of benzene rings is 1. The van der Waals surface area contributed by atoms with Crippen LogP contribution in [0.1, 0.15) is 37.8 Å². The highest BCUT2D eigenvalue weighted by Crippen LogP contribution is 2.31. The summed E-state index contributed by atoms with van der Waals surface area (Å²) in [5.41, 5.74) is 1.83. The fraction of sp³-hybridized carbons (Fsp3) is 0.600. The van der Waals surface area contributed by atoms with Gasteiger partial charge in [0.2, 0.25) is 10.0 Å². The largest absolute Gasteiger partial charge is 0.218 e. The lowest BCUT2D eigenvalue weighted by atomic mass is 10.2. The summed E-state index contributed by atoms with van der Waals surface area (Å²) in [5.74, 6) is 1.08. The molecule has 0 amide bonds. The monoisotopic (exact) mass is 315 g/mol. The summed E-state index contributed by atoms with van der Waals surface area (Å²) in [6.07, 6.45) is 2.31. The maximum absolute atomic E-state index is 12.6. The van der Waals surface area contributed by atoms with Crippen LogP contribution < -0.4 is 0 Å². The third kappa shape index (κ3) is 4.21. The highest BCUT2D eigenvalue weighted by Gasteiger charge is 2.32. The number of sulfonamides is 1. The zero-order valence-corrected chi connectivity index (χ0v) is 13.6. The van der Waals surface area contributed by atoms with Crippen molar-refractivity contribution >= 4 is 21.6 Å². The maximum atomic E-state index is 12.6. The van der Waals surface area contributed by atoms with Gasteiger partial charge in [-0.15, -0.1) is 11.6 Å². The van der Waals surface area contributed by atoms with E-state index in [1.165, 1.54) is 0 Å². The molecule has 1 fully saturated rings. The van der Waals surface area contributed by atoms with Crippen molar-refractivity contribution in [3.05, 3.63) is 35.4 Å². The van der Waals surface area contributed by atoms with Crippen molar-refractivity contribution in [1.29, 1.82) is 0 Å². The average molecular weight is 316 g/mol. The number of halogens is 1. The average Bonchev–Trinajstić information content (AvgIpc) is 3.20. The molecule has 2 rings (SSSR count). The first-order chi connectivity index (χ1) is 9.42. The highest BCUT2D eigenvalue weighted by atomic mass is 35.5. The zero-order chi connectivity index (χ0) is 14.8. The van der Waals surface area contributed by atoms with Crippen LogP contribution in [0.3, 0.4) is 0 Å². The van der Waals surface area contributed by atoms with E-state index in [1.54, 1.807) is 4.31 Å². The van der Waals surface area contributed by atoms with E-state index in [0.717, 1.165) is 24.0 Å². The fourth-order valence-corrected chi connectivity index (χ4v) is 4.26. The third-order valence-electron chi connectivity index (χ3n) is 3.59. The molecule has 0 radical (unpaired) electrons. The van der Waals surface area contributed by atoms with Crippen molar-refractivity contribution < 1.29 is 8.42 Å². The Labute approximate surface area is 127 Å². The van der Waals surface area contributed by atoms with Gasteiger partial charge in [-0.05, 0) is 43.7 Å². The van der Waals surface area contributed by atoms with Crippen LogP contribution in [0.5, 0.6) is 0 Å². The van der Waals surface area contributed by atoms with Gasteiger partial charge >= 0.3 is 0 Å². The number of rotatable bonds is 7. The van der Waals surface area contributed by atoms with E-state index < -0.39 is 10.0 Å². The van der Waals surface area contributed by atoms with Gasteiger partial charge in [0.1, 0.15) is 0 Å². The quantitative estimate of drug-likeness (QED) is 0.723. The minimum Gasteiger partial charge on any atom is -0.212 e. The molecular weight excluding hydrogens is 294 g/mol. The second-order valence-electron chi connectivity index (χ2n) is 5.81. The van der Waals surface area contributed by atoms with Gasteiger partial charge in [0.25, 0.3) is 0 Å². The van der Waals surface area contributed by atoms with E-state index in [0.29, 0.717) is 18.3 Å². The molecule has 5 heteroatoms. The predicted octanol–water partition coefficient (Wildman–Crippen LogP) is 3.38. The highest BCUT2D eigenvalue weighted by molar-refractivity contribution is 7.88. The van der Waals surface area contributed by atoms with Crippen LogP contribution >= 0.6 is 11.6 Å². The van der Waals surface area contributed by atoms with Gasteiger partial charge in [-0.2, -0.15) is 4.31 Å². The lowest BCUT2D eigenvalue weighted by molar-refractivity contribution is 0.341. The first kappa shape index (κ1) is 15.8. The van der Waals surface area contributed by atoms with Gasteiger partial charge in [0.05, 0.1) is 5.75 Å². The van der Waals surface area contributed by atoms with Crippen molar-refractivity contribution in [3.8, 4) is 0 Å². The minimum atomic E-state index is -3.25. The van der Waals surface area contributed by atoms with Gasteiger partial charge in [0.15, 0.2) is 0 Å². The summed E-state index contributed by atoms with van der Waals surface area (Å²) in [6, 6.07) is 7.50. The molecule has 0 atom stereocenters. The van der Waals surface area contributed by atoms with Crippen molar-refractivity contribution in [2.24, 2.45) is 5.92 Å². The Hall–Kier alpha value is -0.580. The van der Waals surface area contributed by atoms with E-state index >= 15 is 0 Å². The molecule has 0 spiro atoms. The van der Waals surface area contributed by atoms with E-state index in [4.69, 9.17) is 11.6 Å². The minimum absolute atomic E-state index is 0.0164. The van der Waals surface area contributed by atoms with Crippen LogP contribution in [-0.4, -0.2) is 25.3 Å². The van der Waals surface area contributed by atoms with Crippen LogP contribution in [0.15, 0.2) is 24.3 Å². The molecule has 0 unspecified atom stereocenters. The Morgan fingerprint density at radius 1 is 1.20 bits per heavy atom. The Kier molecular flexibility index (Phi) is 5.10. The van der Waals surface area contributed by atoms with Crippen molar-refractivity contribution in [2.45, 2.75) is 44.4 Å². The Morgan fingerprint density at radius 2 is 1.75 bits per heavy atom. The van der Waals surface area contributed by atoms with Gasteiger partial charge in [0, 0.05) is 18.5 Å². The first-order valence-corrected chi connectivity index (χ1v) is 9.20. The lowest BCUT2D eigenvalue weighted by Gasteiger charge is -2.26. The fourth-order valence-electron chi connectivity index (χ4n) is 2.22. The smallest absolute Gasteiger partial charge is 0.212 e. The molecule has 0 aliphatic heterocycles. The summed E-state index contributed by atoms with van der Waals surface area (Å²) in [7, 11) is -3.25. The third-order valence-corrected chi connectivity index (χ3v) is 5.89. The van der Waals surface area contributed by atoms with Crippen LogP contribution in [0.25, 0.3) is 0 Å². The summed E-state index contributed by atoms with van der Waals surface area (Å²) in [5, 5.41) is 0. The molecule has 0 bridgehead atoms. The van der Waals surface area contributed by atoms with Crippen LogP contribution in [0, 0.1) is 5.92 Å². The van der Waals surface area contributed by atoms with Crippen molar-refractivity contribution in [3.63, 3.8) is 0 Å². The van der Waals surface area contributed by atoms with Gasteiger partial charge in [-0.25, -0.2) is 8.42 Å². The molecule has 20 heavy (non-hydrogen) atoms. The van der Waals surface area contributed by atoms with Crippen LogP contribution in [-0.2, 0) is 21.7 Å². The summed E-state index contributed by atoms with van der Waals surface area (Å²) >= 11 is 5.74. The first-order valence-electron chi connectivity index (χ1n) is 7.05. The number of hydrogen-bond acceptors (Lipinski definition) is 2. The second-order valence-corrected chi connectivity index (χ2v) is 8.00. The molecule has 1 aliphatic carbocycles. The maximum Gasteiger partial charge on any atom is 0.218 e. The van der Waals surface area contributed by atoms with Crippen LogP contribution in [0.4, 0.5) is 0 Å². The molecule has 112 valence electrons. The summed E-state index contributed by atoms with van der Waals surface area (Å²) in [4.78, 5) is 0. The molecular formula is C15H22ClNO2S. The SMILES string of the molecule is CC(C)N(CC1CC1)S(=O)(=O)Cc1ccc(CCl)cc1. The molecule has 1 aromatic rings. The molecule has 1 saturated carbocycles. The van der Waals surface area contributed by atoms with E-state index in [2.05, 4.69) is 0 Å². The summed E-state index contributed by atoms with van der Waals surface area (Å²) < 4.78 is 26.8. The van der Waals surface area contributed by atoms with Crippen molar-refractivity contribution in [2.75, 3.05) is 6.54 Å². The second kappa shape index (κ2) is 6.46. The standard InChI is InChI=1S/C15H22ClNO2S/c1-12(2)17(10-14-5-6-14)20(18,19)11-15-7-3-13(9-16)4-8-15/h3-4,7-8,12,14H,5-6,9-11H2,1-2H3. The normalized spacial score (nSPS) is 16.1. The molecule has 0 saturated heterocycles. The molecule has 1 aromatic carbocycles. The molecule has 3 nitrogen and oxygen atoms in total. The Balaban J connectivity index is 2.10. The molecule has 1 aliphatic rings. The van der Waals surface area contributed by atoms with E-state index in [-0.39, 0.29) is 11.8 Å². The molecule has 0 heterocycles. The molecule has 0 aromatic heterocycles. The number of alkyl halides is 1.